The lowest BCUT2D eigenvalue weighted by Crippen LogP contribution is -2.13. The molecule has 1 unspecified atom stereocenters. The summed E-state index contributed by atoms with van der Waals surface area (Å²) in [5.41, 5.74) is -0.968. The molecule has 1 aromatic heterocycles. The largest absolute Gasteiger partial charge is 0.476 e. The summed E-state index contributed by atoms with van der Waals surface area (Å²) in [6, 6.07) is 0. The van der Waals surface area contributed by atoms with E-state index in [4.69, 9.17) is 4.74 Å². The van der Waals surface area contributed by atoms with Gasteiger partial charge in [0, 0.05) is 25.6 Å². The van der Waals surface area contributed by atoms with Crippen LogP contribution in [0, 0.1) is 5.92 Å². The molecule has 1 aromatic rings. The standard InChI is InChI=1S/C12H15F5N2O/c1-2-20-10-9(12(15,16)17)7-19(18-10)6-8-3-4-11(13,14)5-8/h7-8H,2-6H2,1H3. The first-order valence-corrected chi connectivity index (χ1v) is 6.36. The van der Waals surface area contributed by atoms with Crippen LogP contribution in [0.25, 0.3) is 0 Å². The van der Waals surface area contributed by atoms with E-state index in [1.54, 1.807) is 6.92 Å². The van der Waals surface area contributed by atoms with Crippen LogP contribution >= 0.6 is 0 Å². The number of rotatable bonds is 4. The number of hydrogen-bond donors (Lipinski definition) is 0. The number of ether oxygens (including phenoxy) is 1. The molecule has 0 aliphatic heterocycles. The maximum atomic E-state index is 13.1. The van der Waals surface area contributed by atoms with E-state index in [9.17, 15) is 22.0 Å². The summed E-state index contributed by atoms with van der Waals surface area (Å²) in [5, 5.41) is 3.71. The summed E-state index contributed by atoms with van der Waals surface area (Å²) in [6.07, 6.45) is -3.98. The van der Waals surface area contributed by atoms with Crippen molar-refractivity contribution < 1.29 is 26.7 Å². The van der Waals surface area contributed by atoms with Crippen LogP contribution in [-0.4, -0.2) is 22.3 Å². The normalized spacial score (nSPS) is 22.2. The second-order valence-electron chi connectivity index (χ2n) is 4.97. The fourth-order valence-electron chi connectivity index (χ4n) is 2.40. The summed E-state index contributed by atoms with van der Waals surface area (Å²) in [4.78, 5) is 0. The Hall–Kier alpha value is -1.34. The topological polar surface area (TPSA) is 27.1 Å². The quantitative estimate of drug-likeness (QED) is 0.792. The molecule has 0 N–H and O–H groups in total. The summed E-state index contributed by atoms with van der Waals surface area (Å²) in [7, 11) is 0. The van der Waals surface area contributed by atoms with Crippen molar-refractivity contribution in [2.24, 2.45) is 5.92 Å². The van der Waals surface area contributed by atoms with Gasteiger partial charge in [-0.05, 0) is 19.3 Å². The first-order chi connectivity index (χ1) is 9.21. The van der Waals surface area contributed by atoms with E-state index in [2.05, 4.69) is 5.10 Å². The van der Waals surface area contributed by atoms with E-state index in [0.717, 1.165) is 10.9 Å². The Morgan fingerprint density at radius 3 is 2.65 bits per heavy atom. The third-order valence-corrected chi connectivity index (χ3v) is 3.27. The summed E-state index contributed by atoms with van der Waals surface area (Å²) >= 11 is 0. The molecule has 1 aliphatic rings. The molecule has 1 fully saturated rings. The van der Waals surface area contributed by atoms with Crippen molar-refractivity contribution in [1.82, 2.24) is 9.78 Å². The van der Waals surface area contributed by atoms with Gasteiger partial charge in [-0.25, -0.2) is 8.78 Å². The lowest BCUT2D eigenvalue weighted by molar-refractivity contribution is -0.139. The second kappa shape index (κ2) is 5.21. The minimum Gasteiger partial charge on any atom is -0.476 e. The smallest absolute Gasteiger partial charge is 0.423 e. The zero-order valence-corrected chi connectivity index (χ0v) is 10.9. The van der Waals surface area contributed by atoms with Gasteiger partial charge in [0.25, 0.3) is 0 Å². The molecule has 0 amide bonds. The van der Waals surface area contributed by atoms with Crippen molar-refractivity contribution in [3.8, 4) is 5.88 Å². The van der Waals surface area contributed by atoms with Gasteiger partial charge in [0.15, 0.2) is 0 Å². The molecule has 0 saturated heterocycles. The van der Waals surface area contributed by atoms with Gasteiger partial charge in [0.1, 0.15) is 5.56 Å². The van der Waals surface area contributed by atoms with Crippen LogP contribution in [-0.2, 0) is 12.7 Å². The van der Waals surface area contributed by atoms with Crippen molar-refractivity contribution in [2.75, 3.05) is 6.61 Å². The average Bonchev–Trinajstić information content (AvgIpc) is 2.83. The molecule has 0 aromatic carbocycles. The SMILES string of the molecule is CCOc1nn(CC2CCC(F)(F)C2)cc1C(F)(F)F. The van der Waals surface area contributed by atoms with Crippen LogP contribution in [0.2, 0.25) is 0 Å². The molecule has 1 aliphatic carbocycles. The molecular formula is C12H15F5N2O. The number of hydrogen-bond acceptors (Lipinski definition) is 2. The van der Waals surface area contributed by atoms with Crippen LogP contribution in [0.1, 0.15) is 31.7 Å². The van der Waals surface area contributed by atoms with Crippen molar-refractivity contribution in [1.29, 1.82) is 0 Å². The maximum absolute atomic E-state index is 13.1. The highest BCUT2D eigenvalue weighted by Crippen LogP contribution is 2.40. The number of nitrogens with zero attached hydrogens (tertiary/aromatic N) is 2. The molecule has 3 nitrogen and oxygen atoms in total. The van der Waals surface area contributed by atoms with Gasteiger partial charge in [0.2, 0.25) is 11.8 Å². The Bertz CT molecular complexity index is 469. The summed E-state index contributed by atoms with van der Waals surface area (Å²) < 4.78 is 70.3. The summed E-state index contributed by atoms with van der Waals surface area (Å²) in [6.45, 7) is 1.66. The summed E-state index contributed by atoms with van der Waals surface area (Å²) in [5.74, 6) is -3.57. The van der Waals surface area contributed by atoms with E-state index < -0.39 is 23.5 Å². The molecule has 2 rings (SSSR count). The Kier molecular flexibility index (Phi) is 3.93. The van der Waals surface area contributed by atoms with Gasteiger partial charge < -0.3 is 4.74 Å². The van der Waals surface area contributed by atoms with Gasteiger partial charge in [-0.2, -0.15) is 13.2 Å². The molecular weight excluding hydrogens is 283 g/mol. The minimum atomic E-state index is -4.57. The first kappa shape index (κ1) is 15.1. The Morgan fingerprint density at radius 1 is 1.45 bits per heavy atom. The lowest BCUT2D eigenvalue weighted by atomic mass is 10.1. The van der Waals surface area contributed by atoms with Gasteiger partial charge >= 0.3 is 6.18 Å². The van der Waals surface area contributed by atoms with Crippen LogP contribution < -0.4 is 4.74 Å². The fraction of sp³-hybridized carbons (Fsp3) is 0.750. The van der Waals surface area contributed by atoms with E-state index in [-0.39, 0.29) is 38.3 Å². The highest BCUT2D eigenvalue weighted by molar-refractivity contribution is 5.26. The van der Waals surface area contributed by atoms with E-state index in [1.165, 1.54) is 0 Å². The van der Waals surface area contributed by atoms with Crippen LogP contribution in [0.4, 0.5) is 22.0 Å². The number of halogens is 5. The van der Waals surface area contributed by atoms with Gasteiger partial charge in [-0.1, -0.05) is 0 Å². The van der Waals surface area contributed by atoms with E-state index >= 15 is 0 Å². The van der Waals surface area contributed by atoms with Gasteiger partial charge in [-0.3, -0.25) is 4.68 Å². The minimum absolute atomic E-state index is 0.0474. The number of alkyl halides is 5. The van der Waals surface area contributed by atoms with E-state index in [0.29, 0.717) is 0 Å². The molecule has 1 heterocycles. The number of aromatic nitrogens is 2. The Balaban J connectivity index is 2.13. The predicted molar refractivity (Wildman–Crippen MR) is 60.7 cm³/mol. The predicted octanol–water partition coefficient (Wildman–Crippen LogP) is 3.74. The maximum Gasteiger partial charge on any atom is 0.423 e. The van der Waals surface area contributed by atoms with E-state index in [1.807, 2.05) is 0 Å². The second-order valence-corrected chi connectivity index (χ2v) is 4.97. The highest BCUT2D eigenvalue weighted by atomic mass is 19.4. The highest BCUT2D eigenvalue weighted by Gasteiger charge is 2.41. The fourth-order valence-corrected chi connectivity index (χ4v) is 2.40. The van der Waals surface area contributed by atoms with Gasteiger partial charge in [-0.15, -0.1) is 5.10 Å². The first-order valence-electron chi connectivity index (χ1n) is 6.36. The zero-order valence-electron chi connectivity index (χ0n) is 10.9. The monoisotopic (exact) mass is 298 g/mol. The van der Waals surface area contributed by atoms with Gasteiger partial charge in [0.05, 0.1) is 6.61 Å². The zero-order chi connectivity index (χ0) is 15.0. The molecule has 1 saturated carbocycles. The van der Waals surface area contributed by atoms with Crippen molar-refractivity contribution >= 4 is 0 Å². The molecule has 0 spiro atoms. The molecule has 0 radical (unpaired) electrons. The van der Waals surface area contributed by atoms with Crippen molar-refractivity contribution in [2.45, 2.75) is 44.8 Å². The van der Waals surface area contributed by atoms with Crippen molar-refractivity contribution in [3.05, 3.63) is 11.8 Å². The van der Waals surface area contributed by atoms with Crippen molar-refractivity contribution in [3.63, 3.8) is 0 Å². The third-order valence-electron chi connectivity index (χ3n) is 3.27. The Labute approximate surface area is 112 Å². The van der Waals surface area contributed by atoms with Crippen LogP contribution in [0.5, 0.6) is 5.88 Å². The van der Waals surface area contributed by atoms with Crippen LogP contribution in [0.3, 0.4) is 0 Å². The molecule has 20 heavy (non-hydrogen) atoms. The third kappa shape index (κ3) is 3.40. The van der Waals surface area contributed by atoms with Crippen LogP contribution in [0.15, 0.2) is 6.20 Å². The molecule has 8 heteroatoms. The molecule has 114 valence electrons. The Morgan fingerprint density at radius 2 is 2.15 bits per heavy atom. The average molecular weight is 298 g/mol. The lowest BCUT2D eigenvalue weighted by Gasteiger charge is -2.10. The molecule has 0 bridgehead atoms. The molecule has 1 atom stereocenters.